The highest BCUT2D eigenvalue weighted by Crippen LogP contribution is 2.23. The normalized spacial score (nSPS) is 15.9. The van der Waals surface area contributed by atoms with Crippen LogP contribution in [0.4, 0.5) is 5.69 Å². The van der Waals surface area contributed by atoms with Gasteiger partial charge >= 0.3 is 0 Å². The molecule has 0 bridgehead atoms. The fourth-order valence-corrected chi connectivity index (χ4v) is 4.14. The Hall–Kier alpha value is -2.18. The number of hydrogen-bond acceptors (Lipinski definition) is 4. The summed E-state index contributed by atoms with van der Waals surface area (Å²) in [5, 5.41) is 0. The minimum absolute atomic E-state index is 0.327. The Morgan fingerprint density at radius 2 is 1.62 bits per heavy atom. The number of nitrogens with zero attached hydrogens (tertiary/aromatic N) is 2. The summed E-state index contributed by atoms with van der Waals surface area (Å²) in [7, 11) is -1.74. The van der Waals surface area contributed by atoms with Crippen molar-refractivity contribution >= 4 is 21.9 Å². The lowest BCUT2D eigenvalue weighted by Gasteiger charge is -2.15. The molecule has 0 saturated carbocycles. The highest BCUT2D eigenvalue weighted by atomic mass is 32.2. The van der Waals surface area contributed by atoms with Crippen molar-refractivity contribution in [1.29, 1.82) is 0 Å². The van der Waals surface area contributed by atoms with Crippen LogP contribution in [-0.4, -0.2) is 39.1 Å². The van der Waals surface area contributed by atoms with Gasteiger partial charge in [0.1, 0.15) is 5.75 Å². The van der Waals surface area contributed by atoms with Crippen molar-refractivity contribution in [2.45, 2.75) is 17.7 Å². The molecule has 6 heteroatoms. The van der Waals surface area contributed by atoms with Gasteiger partial charge in [0.2, 0.25) is 10.0 Å². The molecule has 1 heterocycles. The number of methoxy groups -OCH3 is 1. The van der Waals surface area contributed by atoms with E-state index in [2.05, 4.69) is 4.99 Å². The van der Waals surface area contributed by atoms with Crippen LogP contribution in [0.5, 0.6) is 5.75 Å². The topological polar surface area (TPSA) is 59.0 Å². The summed E-state index contributed by atoms with van der Waals surface area (Å²) in [5.74, 6) is 0.795. The third-order valence-corrected chi connectivity index (χ3v) is 5.93. The first-order valence-electron chi connectivity index (χ1n) is 7.88. The zero-order chi connectivity index (χ0) is 17.0. The average Bonchev–Trinajstić information content (AvgIpc) is 3.16. The fourth-order valence-electron chi connectivity index (χ4n) is 2.62. The first-order chi connectivity index (χ1) is 11.6. The maximum absolute atomic E-state index is 12.5. The van der Waals surface area contributed by atoms with Crippen molar-refractivity contribution in [3.8, 4) is 5.75 Å². The van der Waals surface area contributed by atoms with Crippen LogP contribution in [0.1, 0.15) is 18.4 Å². The van der Waals surface area contributed by atoms with Gasteiger partial charge in [-0.25, -0.2) is 8.42 Å². The van der Waals surface area contributed by atoms with Crippen LogP contribution < -0.4 is 4.74 Å². The smallest absolute Gasteiger partial charge is 0.243 e. The van der Waals surface area contributed by atoms with E-state index in [1.165, 1.54) is 0 Å². The minimum atomic E-state index is -3.36. The second kappa shape index (κ2) is 7.15. The Kier molecular flexibility index (Phi) is 4.97. The van der Waals surface area contributed by atoms with Crippen LogP contribution in [0, 0.1) is 0 Å². The third-order valence-electron chi connectivity index (χ3n) is 4.02. The molecule has 0 amide bonds. The molecule has 0 aromatic heterocycles. The van der Waals surface area contributed by atoms with Gasteiger partial charge in [0.05, 0.1) is 17.7 Å². The van der Waals surface area contributed by atoms with Crippen molar-refractivity contribution in [1.82, 2.24) is 4.31 Å². The van der Waals surface area contributed by atoms with Gasteiger partial charge in [0, 0.05) is 19.3 Å². The lowest BCUT2D eigenvalue weighted by Crippen LogP contribution is -2.27. The summed E-state index contributed by atoms with van der Waals surface area (Å²) in [6.45, 7) is 1.22. The first kappa shape index (κ1) is 16.7. The standard InChI is InChI=1S/C18H20N2O3S/c1-23-17-8-4-15(5-9-17)14-19-16-6-10-18(11-7-16)24(21,22)20-12-2-3-13-20/h4-11,14H,2-3,12-13H2,1H3. The molecule has 2 aromatic rings. The molecule has 126 valence electrons. The van der Waals surface area contributed by atoms with E-state index in [0.717, 1.165) is 24.2 Å². The van der Waals surface area contributed by atoms with Gasteiger partial charge in [0.15, 0.2) is 0 Å². The molecule has 1 saturated heterocycles. The van der Waals surface area contributed by atoms with Crippen LogP contribution in [0.2, 0.25) is 0 Å². The van der Waals surface area contributed by atoms with Gasteiger partial charge in [-0.2, -0.15) is 4.31 Å². The monoisotopic (exact) mass is 344 g/mol. The minimum Gasteiger partial charge on any atom is -0.497 e. The third kappa shape index (κ3) is 3.66. The average molecular weight is 344 g/mol. The molecule has 1 aliphatic rings. The molecule has 0 N–H and O–H groups in total. The number of ether oxygens (including phenoxy) is 1. The molecule has 1 fully saturated rings. The van der Waals surface area contributed by atoms with E-state index in [4.69, 9.17) is 4.74 Å². The second-order valence-electron chi connectivity index (χ2n) is 5.64. The Bertz CT molecular complexity index is 806. The summed E-state index contributed by atoms with van der Waals surface area (Å²) in [6, 6.07) is 14.2. The Morgan fingerprint density at radius 3 is 2.21 bits per heavy atom. The molecule has 2 aromatic carbocycles. The zero-order valence-corrected chi connectivity index (χ0v) is 14.4. The van der Waals surface area contributed by atoms with Crippen molar-refractivity contribution < 1.29 is 13.2 Å². The maximum Gasteiger partial charge on any atom is 0.243 e. The predicted molar refractivity (Wildman–Crippen MR) is 94.7 cm³/mol. The van der Waals surface area contributed by atoms with E-state index in [9.17, 15) is 8.42 Å². The predicted octanol–water partition coefficient (Wildman–Crippen LogP) is 3.23. The van der Waals surface area contributed by atoms with E-state index in [1.54, 1.807) is 41.9 Å². The van der Waals surface area contributed by atoms with Crippen LogP contribution in [0.15, 0.2) is 58.4 Å². The Labute approximate surface area is 142 Å². The molecular weight excluding hydrogens is 324 g/mol. The number of aliphatic imine (C=N–C) groups is 1. The highest BCUT2D eigenvalue weighted by molar-refractivity contribution is 7.89. The van der Waals surface area contributed by atoms with Crippen molar-refractivity contribution in [2.24, 2.45) is 4.99 Å². The molecule has 0 radical (unpaired) electrons. The summed E-state index contributed by atoms with van der Waals surface area (Å²) in [5.41, 5.74) is 1.66. The summed E-state index contributed by atoms with van der Waals surface area (Å²) < 4.78 is 31.6. The van der Waals surface area contributed by atoms with Crippen LogP contribution >= 0.6 is 0 Å². The number of sulfonamides is 1. The largest absolute Gasteiger partial charge is 0.497 e. The molecule has 0 aliphatic carbocycles. The lowest BCUT2D eigenvalue weighted by atomic mass is 10.2. The first-order valence-corrected chi connectivity index (χ1v) is 9.32. The quantitative estimate of drug-likeness (QED) is 0.783. The van der Waals surface area contributed by atoms with E-state index >= 15 is 0 Å². The van der Waals surface area contributed by atoms with Crippen LogP contribution in [0.3, 0.4) is 0 Å². The zero-order valence-electron chi connectivity index (χ0n) is 13.6. The van der Waals surface area contributed by atoms with Crippen molar-refractivity contribution in [2.75, 3.05) is 20.2 Å². The van der Waals surface area contributed by atoms with Crippen molar-refractivity contribution in [3.05, 3.63) is 54.1 Å². The lowest BCUT2D eigenvalue weighted by molar-refractivity contribution is 0.415. The molecular formula is C18H20N2O3S. The van der Waals surface area contributed by atoms with Crippen LogP contribution in [0.25, 0.3) is 0 Å². The second-order valence-corrected chi connectivity index (χ2v) is 7.57. The van der Waals surface area contributed by atoms with Crippen molar-refractivity contribution in [3.63, 3.8) is 0 Å². The Morgan fingerprint density at radius 1 is 1.00 bits per heavy atom. The van der Waals surface area contributed by atoms with Gasteiger partial charge < -0.3 is 4.74 Å². The molecule has 1 aliphatic heterocycles. The summed E-state index contributed by atoms with van der Waals surface area (Å²) in [6.07, 6.45) is 3.61. The summed E-state index contributed by atoms with van der Waals surface area (Å²) >= 11 is 0. The molecule has 3 rings (SSSR count). The molecule has 0 atom stereocenters. The molecule has 0 unspecified atom stereocenters. The molecule has 5 nitrogen and oxygen atoms in total. The van der Waals surface area contributed by atoms with Gasteiger partial charge in [-0.05, 0) is 66.9 Å². The fraction of sp³-hybridized carbons (Fsp3) is 0.278. The van der Waals surface area contributed by atoms with Crippen LogP contribution in [-0.2, 0) is 10.0 Å². The van der Waals surface area contributed by atoms with Gasteiger partial charge in [-0.3, -0.25) is 4.99 Å². The number of benzene rings is 2. The SMILES string of the molecule is COc1ccc(C=Nc2ccc(S(=O)(=O)N3CCCC3)cc2)cc1. The number of hydrogen-bond donors (Lipinski definition) is 0. The van der Waals surface area contributed by atoms with E-state index in [-0.39, 0.29) is 0 Å². The van der Waals surface area contributed by atoms with Gasteiger partial charge in [-0.15, -0.1) is 0 Å². The van der Waals surface area contributed by atoms with Gasteiger partial charge in [-0.1, -0.05) is 0 Å². The van der Waals surface area contributed by atoms with E-state index < -0.39 is 10.0 Å². The van der Waals surface area contributed by atoms with E-state index in [0.29, 0.717) is 23.7 Å². The van der Waals surface area contributed by atoms with E-state index in [1.807, 2.05) is 24.3 Å². The molecule has 24 heavy (non-hydrogen) atoms. The Balaban J connectivity index is 1.73. The molecule has 0 spiro atoms. The number of rotatable bonds is 5. The highest BCUT2D eigenvalue weighted by Gasteiger charge is 2.26. The van der Waals surface area contributed by atoms with Gasteiger partial charge in [0.25, 0.3) is 0 Å². The summed E-state index contributed by atoms with van der Waals surface area (Å²) in [4.78, 5) is 4.71. The maximum atomic E-state index is 12.5.